The Balaban J connectivity index is 2.15. The predicted octanol–water partition coefficient (Wildman–Crippen LogP) is -1.26. The van der Waals surface area contributed by atoms with E-state index in [-0.39, 0.29) is 37.4 Å². The maximum absolute atomic E-state index is 12.3. The maximum atomic E-state index is 12.3. The van der Waals surface area contributed by atoms with Crippen molar-refractivity contribution in [2.24, 2.45) is 5.14 Å². The molecule has 1 aliphatic rings. The molecule has 1 aliphatic heterocycles. The summed E-state index contributed by atoms with van der Waals surface area (Å²) in [5.74, 6) is -1.78. The fourth-order valence-electron chi connectivity index (χ4n) is 2.04. The highest BCUT2D eigenvalue weighted by molar-refractivity contribution is 7.86. The van der Waals surface area contributed by atoms with Gasteiger partial charge in [0.25, 0.3) is 16.1 Å². The van der Waals surface area contributed by atoms with E-state index < -0.39 is 22.1 Å². The van der Waals surface area contributed by atoms with Gasteiger partial charge in [-0.3, -0.25) is 9.78 Å². The van der Waals surface area contributed by atoms with Crippen LogP contribution in [0.15, 0.2) is 18.3 Å². The lowest BCUT2D eigenvalue weighted by Crippen LogP contribution is -2.52. The van der Waals surface area contributed by atoms with Crippen LogP contribution in [0.5, 0.6) is 0 Å². The summed E-state index contributed by atoms with van der Waals surface area (Å²) in [6.07, 6.45) is 1.33. The molecule has 1 saturated heterocycles. The van der Waals surface area contributed by atoms with Crippen LogP contribution in [0, 0.1) is 0 Å². The second kappa shape index (κ2) is 5.76. The summed E-state index contributed by atoms with van der Waals surface area (Å²) in [6, 6.07) is 2.72. The highest BCUT2D eigenvalue weighted by Crippen LogP contribution is 2.12. The molecule has 114 valence electrons. The van der Waals surface area contributed by atoms with Gasteiger partial charge in [0.1, 0.15) is 5.69 Å². The molecular weight excluding hydrogens is 300 g/mol. The number of aromatic carboxylic acids is 1. The van der Waals surface area contributed by atoms with Crippen molar-refractivity contribution in [1.29, 1.82) is 0 Å². The Morgan fingerprint density at radius 1 is 1.24 bits per heavy atom. The van der Waals surface area contributed by atoms with Crippen molar-refractivity contribution in [1.82, 2.24) is 14.2 Å². The molecule has 0 aromatic carbocycles. The summed E-state index contributed by atoms with van der Waals surface area (Å²) in [5.41, 5.74) is -0.342. The molecule has 9 nitrogen and oxygen atoms in total. The number of carbonyl (C=O) groups excluding carboxylic acids is 1. The second-order valence-corrected chi connectivity index (χ2v) is 5.99. The minimum absolute atomic E-state index is 0.0693. The van der Waals surface area contributed by atoms with Crippen molar-refractivity contribution in [3.8, 4) is 0 Å². The van der Waals surface area contributed by atoms with Crippen molar-refractivity contribution in [2.75, 3.05) is 26.2 Å². The van der Waals surface area contributed by atoms with Crippen LogP contribution in [-0.4, -0.2) is 65.8 Å². The molecule has 0 atom stereocenters. The average molecular weight is 314 g/mol. The third-order valence-corrected chi connectivity index (χ3v) is 4.21. The van der Waals surface area contributed by atoms with Crippen LogP contribution in [0.3, 0.4) is 0 Å². The lowest BCUT2D eigenvalue weighted by Gasteiger charge is -2.32. The van der Waals surface area contributed by atoms with Crippen LogP contribution in [0.25, 0.3) is 0 Å². The van der Waals surface area contributed by atoms with E-state index >= 15 is 0 Å². The first-order valence-corrected chi connectivity index (χ1v) is 7.56. The number of nitrogens with zero attached hydrogens (tertiary/aromatic N) is 3. The topological polar surface area (TPSA) is 134 Å². The Morgan fingerprint density at radius 2 is 1.86 bits per heavy atom. The Labute approximate surface area is 121 Å². The number of hydrogen-bond donors (Lipinski definition) is 2. The van der Waals surface area contributed by atoms with E-state index in [1.54, 1.807) is 0 Å². The number of pyridine rings is 1. The van der Waals surface area contributed by atoms with Gasteiger partial charge in [0.05, 0.1) is 5.56 Å². The fraction of sp³-hybridized carbons (Fsp3) is 0.364. The van der Waals surface area contributed by atoms with Crippen molar-refractivity contribution < 1.29 is 23.1 Å². The van der Waals surface area contributed by atoms with Crippen molar-refractivity contribution in [3.63, 3.8) is 0 Å². The van der Waals surface area contributed by atoms with Crippen LogP contribution in [0.1, 0.15) is 20.8 Å². The Morgan fingerprint density at radius 3 is 2.38 bits per heavy atom. The smallest absolute Gasteiger partial charge is 0.338 e. The van der Waals surface area contributed by atoms with E-state index in [9.17, 15) is 18.0 Å². The summed E-state index contributed by atoms with van der Waals surface area (Å²) in [7, 11) is -3.78. The minimum Gasteiger partial charge on any atom is -0.478 e. The van der Waals surface area contributed by atoms with E-state index in [1.807, 2.05) is 0 Å². The summed E-state index contributed by atoms with van der Waals surface area (Å²) < 4.78 is 23.4. The molecule has 1 amide bonds. The van der Waals surface area contributed by atoms with Crippen LogP contribution in [-0.2, 0) is 10.2 Å². The molecule has 2 heterocycles. The molecule has 0 saturated carbocycles. The normalized spacial score (nSPS) is 16.7. The highest BCUT2D eigenvalue weighted by Gasteiger charge is 2.29. The number of hydrogen-bond acceptors (Lipinski definition) is 5. The average Bonchev–Trinajstić information content (AvgIpc) is 2.45. The standard InChI is InChI=1S/C11H14N4O5S/c12-21(19,20)15-6-4-14(5-7-15)10(16)9-8(11(17)18)2-1-3-13-9/h1-3H,4-7H2,(H,17,18)(H2,12,19,20). The third kappa shape index (κ3) is 3.35. The lowest BCUT2D eigenvalue weighted by molar-refractivity contribution is 0.0651. The van der Waals surface area contributed by atoms with Crippen LogP contribution >= 0.6 is 0 Å². The van der Waals surface area contributed by atoms with E-state index in [0.29, 0.717) is 0 Å². The SMILES string of the molecule is NS(=O)(=O)N1CCN(C(=O)c2ncccc2C(=O)O)CC1. The number of carbonyl (C=O) groups is 2. The molecule has 0 spiro atoms. The summed E-state index contributed by atoms with van der Waals surface area (Å²) in [5, 5.41) is 14.1. The summed E-state index contributed by atoms with van der Waals surface area (Å²) in [6.45, 7) is 0.398. The van der Waals surface area contributed by atoms with E-state index in [1.165, 1.54) is 23.2 Å². The number of rotatable bonds is 3. The molecule has 1 aromatic rings. The van der Waals surface area contributed by atoms with Crippen LogP contribution in [0.2, 0.25) is 0 Å². The van der Waals surface area contributed by atoms with Crippen molar-refractivity contribution in [2.45, 2.75) is 0 Å². The first kappa shape index (κ1) is 15.4. The zero-order chi connectivity index (χ0) is 15.6. The van der Waals surface area contributed by atoms with Gasteiger partial charge in [-0.1, -0.05) is 0 Å². The Hall–Kier alpha value is -2.04. The molecule has 21 heavy (non-hydrogen) atoms. The molecule has 0 bridgehead atoms. The van der Waals surface area contributed by atoms with E-state index in [0.717, 1.165) is 4.31 Å². The Bertz CT molecular complexity index is 667. The monoisotopic (exact) mass is 314 g/mol. The first-order chi connectivity index (χ1) is 9.80. The predicted molar refractivity (Wildman–Crippen MR) is 71.8 cm³/mol. The quantitative estimate of drug-likeness (QED) is 0.715. The highest BCUT2D eigenvalue weighted by atomic mass is 32.2. The van der Waals surface area contributed by atoms with Crippen molar-refractivity contribution >= 4 is 22.1 Å². The minimum atomic E-state index is -3.78. The van der Waals surface area contributed by atoms with Gasteiger partial charge in [0.2, 0.25) is 0 Å². The van der Waals surface area contributed by atoms with E-state index in [4.69, 9.17) is 10.2 Å². The number of aromatic nitrogens is 1. The molecule has 0 radical (unpaired) electrons. The van der Waals surface area contributed by atoms with Gasteiger partial charge in [-0.2, -0.15) is 12.7 Å². The molecule has 3 N–H and O–H groups in total. The number of amides is 1. The number of carboxylic acid groups (broad SMARTS) is 1. The summed E-state index contributed by atoms with van der Waals surface area (Å²) >= 11 is 0. The second-order valence-electron chi connectivity index (χ2n) is 4.44. The molecule has 2 rings (SSSR count). The lowest BCUT2D eigenvalue weighted by atomic mass is 10.1. The van der Waals surface area contributed by atoms with Gasteiger partial charge in [0.15, 0.2) is 0 Å². The van der Waals surface area contributed by atoms with Gasteiger partial charge in [-0.05, 0) is 12.1 Å². The van der Waals surface area contributed by atoms with Crippen molar-refractivity contribution in [3.05, 3.63) is 29.6 Å². The molecule has 0 aliphatic carbocycles. The third-order valence-electron chi connectivity index (χ3n) is 3.13. The molecule has 10 heteroatoms. The molecular formula is C11H14N4O5S. The number of nitrogens with two attached hydrogens (primary N) is 1. The summed E-state index contributed by atoms with van der Waals surface area (Å²) in [4.78, 5) is 28.5. The molecule has 1 fully saturated rings. The van der Waals surface area contributed by atoms with Gasteiger partial charge in [-0.25, -0.2) is 9.93 Å². The Kier molecular flexibility index (Phi) is 4.21. The van der Waals surface area contributed by atoms with Gasteiger partial charge < -0.3 is 10.0 Å². The zero-order valence-corrected chi connectivity index (χ0v) is 11.8. The first-order valence-electron chi connectivity index (χ1n) is 6.06. The van der Waals surface area contributed by atoms with Gasteiger partial charge in [0, 0.05) is 32.4 Å². The fourth-order valence-corrected chi connectivity index (χ4v) is 2.72. The largest absolute Gasteiger partial charge is 0.478 e. The number of carboxylic acids is 1. The molecule has 1 aromatic heterocycles. The van der Waals surface area contributed by atoms with Gasteiger partial charge in [-0.15, -0.1) is 0 Å². The maximum Gasteiger partial charge on any atom is 0.338 e. The van der Waals surface area contributed by atoms with Crippen LogP contribution < -0.4 is 5.14 Å². The zero-order valence-electron chi connectivity index (χ0n) is 11.0. The number of piperazine rings is 1. The van der Waals surface area contributed by atoms with Crippen LogP contribution in [0.4, 0.5) is 0 Å². The molecule has 0 unspecified atom stereocenters. The van der Waals surface area contributed by atoms with E-state index in [2.05, 4.69) is 4.98 Å². The van der Waals surface area contributed by atoms with Gasteiger partial charge >= 0.3 is 5.97 Å².